The highest BCUT2D eigenvalue weighted by atomic mass is 16.5. The first-order valence-electron chi connectivity index (χ1n) is 6.45. The Bertz CT molecular complexity index is 586. The number of benzene rings is 1. The zero-order valence-corrected chi connectivity index (χ0v) is 12.5. The van der Waals surface area contributed by atoms with Gasteiger partial charge in [-0.05, 0) is 25.5 Å². The van der Waals surface area contributed by atoms with Crippen LogP contribution < -0.4 is 10.1 Å². The molecule has 0 aliphatic heterocycles. The smallest absolute Gasteiger partial charge is 0.308 e. The number of nitriles is 1. The lowest BCUT2D eigenvalue weighted by Crippen LogP contribution is -2.41. The number of nitrogens with zero attached hydrogens (tertiary/aromatic N) is 1. The zero-order valence-electron chi connectivity index (χ0n) is 12.5. The van der Waals surface area contributed by atoms with Crippen molar-refractivity contribution in [2.24, 2.45) is 0 Å². The molecule has 0 bridgehead atoms. The second kappa shape index (κ2) is 6.86. The van der Waals surface area contributed by atoms with Gasteiger partial charge in [-0.1, -0.05) is 6.92 Å². The highest BCUT2D eigenvalue weighted by molar-refractivity contribution is 5.98. The molecule has 0 aromatic heterocycles. The molecule has 1 aromatic carbocycles. The Morgan fingerprint density at radius 3 is 2.57 bits per heavy atom. The van der Waals surface area contributed by atoms with Crippen molar-refractivity contribution >= 4 is 17.6 Å². The lowest BCUT2D eigenvalue weighted by atomic mass is 10.0. The molecule has 0 fully saturated rings. The Balaban J connectivity index is 3.02. The normalized spacial score (nSPS) is 12.9. The van der Waals surface area contributed by atoms with Gasteiger partial charge in [0.25, 0.3) is 5.91 Å². The zero-order chi connectivity index (χ0) is 16.0. The number of esters is 1. The van der Waals surface area contributed by atoms with Gasteiger partial charge in [-0.25, -0.2) is 0 Å². The molecule has 0 unspecified atom stereocenters. The Morgan fingerprint density at radius 1 is 1.43 bits per heavy atom. The Hall–Kier alpha value is -2.39. The average Bonchev–Trinajstić information content (AvgIpc) is 2.47. The molecule has 6 nitrogen and oxygen atoms in total. The van der Waals surface area contributed by atoms with Crippen molar-refractivity contribution in [1.29, 1.82) is 5.26 Å². The molecule has 1 rings (SSSR count). The first kappa shape index (κ1) is 16.7. The van der Waals surface area contributed by atoms with Crippen LogP contribution in [0.3, 0.4) is 0 Å². The van der Waals surface area contributed by atoms with Crippen LogP contribution in [0, 0.1) is 11.3 Å². The second-order valence-corrected chi connectivity index (χ2v) is 4.66. The van der Waals surface area contributed by atoms with E-state index in [1.165, 1.54) is 32.2 Å². The summed E-state index contributed by atoms with van der Waals surface area (Å²) in [6.45, 7) is 4.77. The molecule has 1 aromatic rings. The lowest BCUT2D eigenvalue weighted by molar-refractivity contribution is -0.136. The Labute approximate surface area is 123 Å². The van der Waals surface area contributed by atoms with E-state index in [0.717, 1.165) is 0 Å². The SMILES string of the molecule is CC[C@](C)(OC)C(=O)Nc1ccc(OC(C)=O)cc1C#N. The highest BCUT2D eigenvalue weighted by Crippen LogP contribution is 2.24. The van der Waals surface area contributed by atoms with E-state index in [-0.39, 0.29) is 17.2 Å². The number of hydrogen-bond acceptors (Lipinski definition) is 5. The third-order valence-electron chi connectivity index (χ3n) is 3.23. The minimum atomic E-state index is -0.971. The highest BCUT2D eigenvalue weighted by Gasteiger charge is 2.31. The maximum atomic E-state index is 12.2. The van der Waals surface area contributed by atoms with Crippen molar-refractivity contribution in [1.82, 2.24) is 0 Å². The van der Waals surface area contributed by atoms with E-state index in [1.807, 2.05) is 13.0 Å². The maximum Gasteiger partial charge on any atom is 0.308 e. The van der Waals surface area contributed by atoms with Crippen LogP contribution in [0.4, 0.5) is 5.69 Å². The fourth-order valence-corrected chi connectivity index (χ4v) is 1.61. The number of carbonyl (C=O) groups excluding carboxylic acids is 2. The molecule has 1 amide bonds. The van der Waals surface area contributed by atoms with Crippen molar-refractivity contribution in [2.75, 3.05) is 12.4 Å². The summed E-state index contributed by atoms with van der Waals surface area (Å²) in [4.78, 5) is 23.1. The van der Waals surface area contributed by atoms with Gasteiger partial charge in [-0.15, -0.1) is 0 Å². The van der Waals surface area contributed by atoms with Crippen LogP contribution in [0.5, 0.6) is 5.75 Å². The number of methoxy groups -OCH3 is 1. The van der Waals surface area contributed by atoms with Crippen molar-refractivity contribution in [3.63, 3.8) is 0 Å². The minimum absolute atomic E-state index is 0.205. The molecule has 6 heteroatoms. The van der Waals surface area contributed by atoms with Gasteiger partial charge in [-0.2, -0.15) is 5.26 Å². The number of anilines is 1. The third kappa shape index (κ3) is 4.04. The van der Waals surface area contributed by atoms with Gasteiger partial charge in [0.2, 0.25) is 0 Å². The van der Waals surface area contributed by atoms with Gasteiger partial charge in [-0.3, -0.25) is 9.59 Å². The van der Waals surface area contributed by atoms with Gasteiger partial charge < -0.3 is 14.8 Å². The summed E-state index contributed by atoms with van der Waals surface area (Å²) in [6.07, 6.45) is 0.489. The van der Waals surface area contributed by atoms with E-state index in [0.29, 0.717) is 12.1 Å². The standard InChI is InChI=1S/C15H18N2O4/c1-5-15(3,20-4)14(19)17-13-7-6-12(21-10(2)18)8-11(13)9-16/h6-8H,5H2,1-4H3,(H,17,19)/t15-/m0/s1. The molecule has 0 radical (unpaired) electrons. The van der Waals surface area contributed by atoms with Crippen LogP contribution in [-0.2, 0) is 14.3 Å². The number of carbonyl (C=O) groups is 2. The molecule has 0 aliphatic carbocycles. The molecule has 21 heavy (non-hydrogen) atoms. The summed E-state index contributed by atoms with van der Waals surface area (Å²) < 4.78 is 10.1. The summed E-state index contributed by atoms with van der Waals surface area (Å²) in [5.41, 5.74) is -0.423. The lowest BCUT2D eigenvalue weighted by Gasteiger charge is -2.25. The van der Waals surface area contributed by atoms with Crippen molar-refractivity contribution in [3.8, 4) is 11.8 Å². The van der Waals surface area contributed by atoms with Crippen molar-refractivity contribution in [3.05, 3.63) is 23.8 Å². The molecule has 0 aliphatic rings. The van der Waals surface area contributed by atoms with Gasteiger partial charge in [0.1, 0.15) is 17.4 Å². The Morgan fingerprint density at radius 2 is 2.10 bits per heavy atom. The number of hydrogen-bond donors (Lipinski definition) is 1. The summed E-state index contributed by atoms with van der Waals surface area (Å²) in [6, 6.07) is 6.37. The molecule has 112 valence electrons. The molecule has 0 saturated carbocycles. The van der Waals surface area contributed by atoms with Gasteiger partial charge in [0.05, 0.1) is 11.3 Å². The first-order valence-corrected chi connectivity index (χ1v) is 6.45. The first-order chi connectivity index (χ1) is 9.86. The van der Waals surface area contributed by atoms with Gasteiger partial charge >= 0.3 is 5.97 Å². The quantitative estimate of drug-likeness (QED) is 0.663. The van der Waals surface area contributed by atoms with E-state index in [9.17, 15) is 9.59 Å². The third-order valence-corrected chi connectivity index (χ3v) is 3.23. The van der Waals surface area contributed by atoms with Crippen LogP contribution in [0.1, 0.15) is 32.8 Å². The fourth-order valence-electron chi connectivity index (χ4n) is 1.61. The van der Waals surface area contributed by atoms with E-state index >= 15 is 0 Å². The molecule has 1 N–H and O–H groups in total. The molecular weight excluding hydrogens is 272 g/mol. The summed E-state index contributed by atoms with van der Waals surface area (Å²) in [7, 11) is 1.46. The van der Waals surface area contributed by atoms with Gasteiger partial charge in [0.15, 0.2) is 0 Å². The summed E-state index contributed by atoms with van der Waals surface area (Å²) in [5, 5.41) is 11.8. The van der Waals surface area contributed by atoms with Crippen molar-refractivity contribution in [2.45, 2.75) is 32.8 Å². The van der Waals surface area contributed by atoms with Crippen LogP contribution in [0.2, 0.25) is 0 Å². The molecule has 1 atom stereocenters. The maximum absolute atomic E-state index is 12.2. The fraction of sp³-hybridized carbons (Fsp3) is 0.400. The Kier molecular flexibility index (Phi) is 5.44. The van der Waals surface area contributed by atoms with Crippen LogP contribution in [0.25, 0.3) is 0 Å². The number of rotatable bonds is 5. The summed E-state index contributed by atoms with van der Waals surface area (Å²) in [5.74, 6) is -0.570. The van der Waals surface area contributed by atoms with E-state index in [1.54, 1.807) is 6.92 Å². The number of nitrogens with one attached hydrogen (secondary N) is 1. The predicted octanol–water partition coefficient (Wildman–Crippen LogP) is 2.24. The predicted molar refractivity (Wildman–Crippen MR) is 76.8 cm³/mol. The molecule has 0 heterocycles. The second-order valence-electron chi connectivity index (χ2n) is 4.66. The van der Waals surface area contributed by atoms with E-state index in [2.05, 4.69) is 5.32 Å². The summed E-state index contributed by atoms with van der Waals surface area (Å²) >= 11 is 0. The monoisotopic (exact) mass is 290 g/mol. The van der Waals surface area contributed by atoms with E-state index in [4.69, 9.17) is 14.7 Å². The average molecular weight is 290 g/mol. The van der Waals surface area contributed by atoms with Crippen LogP contribution in [-0.4, -0.2) is 24.6 Å². The van der Waals surface area contributed by atoms with Crippen LogP contribution in [0.15, 0.2) is 18.2 Å². The van der Waals surface area contributed by atoms with Crippen molar-refractivity contribution < 1.29 is 19.1 Å². The molecule has 0 spiro atoms. The number of amides is 1. The van der Waals surface area contributed by atoms with Crippen LogP contribution >= 0.6 is 0 Å². The molecular formula is C15H18N2O4. The van der Waals surface area contributed by atoms with E-state index < -0.39 is 11.6 Å². The minimum Gasteiger partial charge on any atom is -0.427 e. The molecule has 0 saturated heterocycles. The van der Waals surface area contributed by atoms with Gasteiger partial charge in [0, 0.05) is 20.1 Å². The topological polar surface area (TPSA) is 88.4 Å². The number of ether oxygens (including phenoxy) is 2. The largest absolute Gasteiger partial charge is 0.427 e.